The van der Waals surface area contributed by atoms with E-state index < -0.39 is 40.0 Å². The average molecular weight is 681 g/mol. The molecule has 10 heteroatoms. The van der Waals surface area contributed by atoms with E-state index >= 15 is 0 Å². The number of hydrogen-bond acceptors (Lipinski definition) is 4. The standard InChI is InChI=1S/C36H39Cl2N3O4S/c1-25-19-20-32(26(2)21-25)41(46(44,45)28-15-10-7-11-16-28)24-34(42)40(23-29-30(37)17-12-18-31(29)38)33(35(43)39-36(3,4)5)22-27-13-8-6-9-14-27/h6-21,33H,22-24H2,1-5H3,(H,39,43)/t33-/m0/s1. The molecule has 0 radical (unpaired) electrons. The first kappa shape index (κ1) is 35.0. The Kier molecular flexibility index (Phi) is 11.2. The van der Waals surface area contributed by atoms with E-state index in [1.807, 2.05) is 64.1 Å². The molecule has 7 nitrogen and oxygen atoms in total. The SMILES string of the molecule is Cc1ccc(N(CC(=O)N(Cc2c(Cl)cccc2Cl)[C@@H](Cc2ccccc2)C(=O)NC(C)(C)C)S(=O)(=O)c2ccccc2)c(C)c1. The average Bonchev–Trinajstić information content (AvgIpc) is 2.99. The second-order valence-corrected chi connectivity index (χ2v) is 15.0. The molecule has 46 heavy (non-hydrogen) atoms. The fraction of sp³-hybridized carbons (Fsp3) is 0.278. The molecule has 0 aliphatic rings. The maximum absolute atomic E-state index is 14.7. The third-order valence-electron chi connectivity index (χ3n) is 7.39. The van der Waals surface area contributed by atoms with Gasteiger partial charge >= 0.3 is 0 Å². The molecular weight excluding hydrogens is 641 g/mol. The monoisotopic (exact) mass is 679 g/mol. The van der Waals surface area contributed by atoms with Crippen molar-refractivity contribution in [2.75, 3.05) is 10.8 Å². The number of amides is 2. The summed E-state index contributed by atoms with van der Waals surface area (Å²) < 4.78 is 29.5. The van der Waals surface area contributed by atoms with Crippen LogP contribution in [-0.4, -0.2) is 43.3 Å². The zero-order valence-corrected chi connectivity index (χ0v) is 29.0. The number of aryl methyl sites for hydroxylation is 2. The van der Waals surface area contributed by atoms with E-state index in [2.05, 4.69) is 5.32 Å². The van der Waals surface area contributed by atoms with E-state index in [9.17, 15) is 18.0 Å². The van der Waals surface area contributed by atoms with E-state index in [4.69, 9.17) is 23.2 Å². The molecule has 242 valence electrons. The summed E-state index contributed by atoms with van der Waals surface area (Å²) in [7, 11) is -4.21. The highest BCUT2D eigenvalue weighted by Gasteiger charge is 2.36. The minimum atomic E-state index is -4.21. The van der Waals surface area contributed by atoms with Gasteiger partial charge < -0.3 is 10.2 Å². The maximum Gasteiger partial charge on any atom is 0.264 e. The molecular formula is C36H39Cl2N3O4S. The van der Waals surface area contributed by atoms with Crippen LogP contribution < -0.4 is 9.62 Å². The van der Waals surface area contributed by atoms with Crippen LogP contribution in [0, 0.1) is 13.8 Å². The van der Waals surface area contributed by atoms with Crippen molar-refractivity contribution in [3.05, 3.63) is 129 Å². The number of nitrogens with one attached hydrogen (secondary N) is 1. The van der Waals surface area contributed by atoms with Gasteiger partial charge in [-0.15, -0.1) is 0 Å². The normalized spacial score (nSPS) is 12.3. The summed E-state index contributed by atoms with van der Waals surface area (Å²) in [6.45, 7) is 8.59. The van der Waals surface area contributed by atoms with Crippen LogP contribution in [-0.2, 0) is 32.6 Å². The second kappa shape index (κ2) is 14.7. The number of benzene rings is 4. The van der Waals surface area contributed by atoms with Crippen LogP contribution in [0.15, 0.2) is 102 Å². The van der Waals surface area contributed by atoms with Crippen LogP contribution in [0.5, 0.6) is 0 Å². The summed E-state index contributed by atoms with van der Waals surface area (Å²) in [4.78, 5) is 30.1. The largest absolute Gasteiger partial charge is 0.350 e. The summed E-state index contributed by atoms with van der Waals surface area (Å²) in [5.41, 5.74) is 2.65. The Morgan fingerprint density at radius 3 is 1.98 bits per heavy atom. The summed E-state index contributed by atoms with van der Waals surface area (Å²) >= 11 is 13.2. The molecule has 0 spiro atoms. The first-order valence-electron chi connectivity index (χ1n) is 14.9. The van der Waals surface area contributed by atoms with E-state index in [-0.39, 0.29) is 17.9 Å². The Hall–Kier alpha value is -3.85. The molecule has 4 aromatic rings. The van der Waals surface area contributed by atoms with Gasteiger partial charge in [0.15, 0.2) is 0 Å². The lowest BCUT2D eigenvalue weighted by Crippen LogP contribution is -2.56. The van der Waals surface area contributed by atoms with Gasteiger partial charge in [-0.3, -0.25) is 13.9 Å². The highest BCUT2D eigenvalue weighted by atomic mass is 35.5. The zero-order chi connectivity index (χ0) is 33.6. The molecule has 0 aromatic heterocycles. The number of nitrogens with zero attached hydrogens (tertiary/aromatic N) is 2. The second-order valence-electron chi connectivity index (χ2n) is 12.3. The van der Waals surface area contributed by atoms with Gasteiger partial charge in [0.05, 0.1) is 10.6 Å². The van der Waals surface area contributed by atoms with Gasteiger partial charge in [0.2, 0.25) is 11.8 Å². The van der Waals surface area contributed by atoms with Crippen LogP contribution in [0.4, 0.5) is 5.69 Å². The van der Waals surface area contributed by atoms with Gasteiger partial charge in [0.1, 0.15) is 12.6 Å². The summed E-state index contributed by atoms with van der Waals surface area (Å²) in [5.74, 6) is -0.989. The topological polar surface area (TPSA) is 86.8 Å². The van der Waals surface area contributed by atoms with Crippen molar-refractivity contribution in [2.45, 2.75) is 64.1 Å². The lowest BCUT2D eigenvalue weighted by atomic mass is 10.0. The molecule has 0 heterocycles. The quantitative estimate of drug-likeness (QED) is 0.179. The number of rotatable bonds is 11. The Balaban J connectivity index is 1.87. The predicted octanol–water partition coefficient (Wildman–Crippen LogP) is 7.36. The molecule has 2 amide bonds. The summed E-state index contributed by atoms with van der Waals surface area (Å²) in [5, 5.41) is 3.66. The number of carbonyl (C=O) groups excluding carboxylic acids is 2. The molecule has 0 fully saturated rings. The summed E-state index contributed by atoms with van der Waals surface area (Å²) in [6, 6.07) is 26.7. The molecule has 0 unspecified atom stereocenters. The third-order valence-corrected chi connectivity index (χ3v) is 9.87. The van der Waals surface area contributed by atoms with E-state index in [0.717, 1.165) is 15.4 Å². The fourth-order valence-electron chi connectivity index (χ4n) is 5.18. The zero-order valence-electron chi connectivity index (χ0n) is 26.6. The van der Waals surface area contributed by atoms with Crippen molar-refractivity contribution >= 4 is 50.7 Å². The molecule has 0 aliphatic heterocycles. The Labute approximate surface area is 282 Å². The van der Waals surface area contributed by atoms with Gasteiger partial charge in [0.25, 0.3) is 10.0 Å². The molecule has 4 aromatic carbocycles. The Bertz CT molecular complexity index is 1770. The lowest BCUT2D eigenvalue weighted by Gasteiger charge is -2.36. The Morgan fingerprint density at radius 2 is 1.41 bits per heavy atom. The van der Waals surface area contributed by atoms with E-state index in [0.29, 0.717) is 26.9 Å². The fourth-order valence-corrected chi connectivity index (χ4v) is 7.20. The molecule has 0 aliphatic carbocycles. The summed E-state index contributed by atoms with van der Waals surface area (Å²) in [6.07, 6.45) is 0.172. The molecule has 0 bridgehead atoms. The van der Waals surface area contributed by atoms with Crippen molar-refractivity contribution in [1.82, 2.24) is 10.2 Å². The van der Waals surface area contributed by atoms with Gasteiger partial charge in [0, 0.05) is 34.1 Å². The van der Waals surface area contributed by atoms with Crippen molar-refractivity contribution in [3.8, 4) is 0 Å². The number of hydrogen-bond donors (Lipinski definition) is 1. The minimum Gasteiger partial charge on any atom is -0.350 e. The van der Waals surface area contributed by atoms with Gasteiger partial charge in [-0.05, 0) is 76.1 Å². The molecule has 1 atom stereocenters. The van der Waals surface area contributed by atoms with Crippen LogP contribution >= 0.6 is 23.2 Å². The van der Waals surface area contributed by atoms with Gasteiger partial charge in [-0.25, -0.2) is 8.42 Å². The maximum atomic E-state index is 14.7. The Morgan fingerprint density at radius 1 is 0.826 bits per heavy atom. The first-order valence-corrected chi connectivity index (χ1v) is 17.1. The minimum absolute atomic E-state index is 0.0368. The lowest BCUT2D eigenvalue weighted by molar-refractivity contribution is -0.140. The van der Waals surface area contributed by atoms with Gasteiger partial charge in [-0.2, -0.15) is 0 Å². The van der Waals surface area contributed by atoms with Crippen LogP contribution in [0.25, 0.3) is 0 Å². The van der Waals surface area contributed by atoms with Crippen LogP contribution in [0.1, 0.15) is 43.0 Å². The molecule has 4 rings (SSSR count). The van der Waals surface area contributed by atoms with Crippen molar-refractivity contribution in [2.24, 2.45) is 0 Å². The highest BCUT2D eigenvalue weighted by Crippen LogP contribution is 2.30. The van der Waals surface area contributed by atoms with Crippen molar-refractivity contribution < 1.29 is 18.0 Å². The number of anilines is 1. The van der Waals surface area contributed by atoms with Crippen molar-refractivity contribution in [3.63, 3.8) is 0 Å². The highest BCUT2D eigenvalue weighted by molar-refractivity contribution is 7.92. The molecule has 1 N–H and O–H groups in total. The van der Waals surface area contributed by atoms with E-state index in [1.165, 1.54) is 17.0 Å². The third kappa shape index (κ3) is 8.69. The molecule has 0 saturated carbocycles. The van der Waals surface area contributed by atoms with Crippen molar-refractivity contribution in [1.29, 1.82) is 0 Å². The predicted molar refractivity (Wildman–Crippen MR) is 186 cm³/mol. The first-order chi connectivity index (χ1) is 21.7. The van der Waals surface area contributed by atoms with Crippen LogP contribution in [0.2, 0.25) is 10.0 Å². The smallest absolute Gasteiger partial charge is 0.264 e. The van der Waals surface area contributed by atoms with Gasteiger partial charge in [-0.1, -0.05) is 95.5 Å². The number of sulfonamides is 1. The number of carbonyl (C=O) groups is 2. The molecule has 0 saturated heterocycles. The van der Waals surface area contributed by atoms with E-state index in [1.54, 1.807) is 55.5 Å². The number of halogens is 2. The van der Waals surface area contributed by atoms with Crippen LogP contribution in [0.3, 0.4) is 0 Å².